The number of fused-ring (bicyclic) bond motifs is 6. The number of anilines is 3. The van der Waals surface area contributed by atoms with Gasteiger partial charge in [-0.2, -0.15) is 0 Å². The molecular weight excluding hydrogens is 558 g/mol. The molecule has 0 fully saturated rings. The highest BCUT2D eigenvalue weighted by Gasteiger charge is 2.18. The molecule has 0 amide bonds. The quantitative estimate of drug-likeness (QED) is 0.199. The Kier molecular flexibility index (Phi) is 6.17. The Morgan fingerprint density at radius 1 is 0.370 bits per heavy atom. The predicted molar refractivity (Wildman–Crippen MR) is 194 cm³/mol. The van der Waals surface area contributed by atoms with Crippen molar-refractivity contribution in [2.45, 2.75) is 0 Å². The maximum atomic E-state index is 6.66. The van der Waals surface area contributed by atoms with Crippen LogP contribution in [0.15, 0.2) is 180 Å². The SMILES string of the molecule is c1ccc(N(c2ccccc2)c2ccc(-c3cccc4oc5c6ccccc6c(-c6ccc7ccccc7c6)cc5c34)cc2)cc1. The molecule has 1 heterocycles. The van der Waals surface area contributed by atoms with Gasteiger partial charge in [-0.15, -0.1) is 0 Å². The van der Waals surface area contributed by atoms with E-state index < -0.39 is 0 Å². The summed E-state index contributed by atoms with van der Waals surface area (Å²) in [6.07, 6.45) is 0. The molecule has 9 aromatic rings. The molecule has 216 valence electrons. The number of furan rings is 1. The molecular formula is C44H29NO. The van der Waals surface area contributed by atoms with Crippen LogP contribution in [0.1, 0.15) is 0 Å². The number of benzene rings is 8. The first kappa shape index (κ1) is 26.3. The first-order valence-corrected chi connectivity index (χ1v) is 15.7. The van der Waals surface area contributed by atoms with Gasteiger partial charge in [0.25, 0.3) is 0 Å². The van der Waals surface area contributed by atoms with Crippen LogP contribution in [0.3, 0.4) is 0 Å². The molecule has 0 aliphatic carbocycles. The molecule has 2 heteroatoms. The molecule has 0 radical (unpaired) electrons. The molecule has 46 heavy (non-hydrogen) atoms. The van der Waals surface area contributed by atoms with Crippen LogP contribution in [-0.4, -0.2) is 0 Å². The fraction of sp³-hybridized carbons (Fsp3) is 0. The van der Waals surface area contributed by atoms with E-state index in [4.69, 9.17) is 4.42 Å². The van der Waals surface area contributed by atoms with Crippen molar-refractivity contribution in [2.75, 3.05) is 4.90 Å². The van der Waals surface area contributed by atoms with Crippen LogP contribution in [0.5, 0.6) is 0 Å². The van der Waals surface area contributed by atoms with E-state index in [0.29, 0.717) is 0 Å². The largest absolute Gasteiger partial charge is 0.455 e. The average molecular weight is 588 g/mol. The topological polar surface area (TPSA) is 16.4 Å². The second-order valence-corrected chi connectivity index (χ2v) is 11.7. The van der Waals surface area contributed by atoms with E-state index in [1.807, 2.05) is 0 Å². The van der Waals surface area contributed by atoms with Gasteiger partial charge < -0.3 is 9.32 Å². The van der Waals surface area contributed by atoms with E-state index in [1.165, 1.54) is 27.3 Å². The van der Waals surface area contributed by atoms with E-state index in [0.717, 1.165) is 55.5 Å². The zero-order valence-electron chi connectivity index (χ0n) is 25.1. The second-order valence-electron chi connectivity index (χ2n) is 11.7. The Balaban J connectivity index is 1.22. The lowest BCUT2D eigenvalue weighted by Gasteiger charge is -2.25. The average Bonchev–Trinajstić information content (AvgIpc) is 3.52. The first-order valence-electron chi connectivity index (χ1n) is 15.7. The van der Waals surface area contributed by atoms with Gasteiger partial charge in [0.05, 0.1) is 0 Å². The number of nitrogens with zero attached hydrogens (tertiary/aromatic N) is 1. The van der Waals surface area contributed by atoms with Crippen molar-refractivity contribution in [1.29, 1.82) is 0 Å². The number of hydrogen-bond donors (Lipinski definition) is 0. The molecule has 0 unspecified atom stereocenters. The lowest BCUT2D eigenvalue weighted by molar-refractivity contribution is 0.673. The molecule has 0 aliphatic heterocycles. The van der Waals surface area contributed by atoms with Gasteiger partial charge in [-0.25, -0.2) is 0 Å². The van der Waals surface area contributed by atoms with Crippen molar-refractivity contribution in [3.63, 3.8) is 0 Å². The molecule has 2 nitrogen and oxygen atoms in total. The lowest BCUT2D eigenvalue weighted by atomic mass is 9.92. The highest BCUT2D eigenvalue weighted by atomic mass is 16.3. The van der Waals surface area contributed by atoms with Gasteiger partial charge in [0.2, 0.25) is 0 Å². The van der Waals surface area contributed by atoms with Gasteiger partial charge >= 0.3 is 0 Å². The summed E-state index contributed by atoms with van der Waals surface area (Å²) in [5.41, 5.74) is 9.90. The highest BCUT2D eigenvalue weighted by Crippen LogP contribution is 2.44. The molecule has 0 atom stereocenters. The van der Waals surface area contributed by atoms with Crippen molar-refractivity contribution in [3.05, 3.63) is 176 Å². The summed E-state index contributed by atoms with van der Waals surface area (Å²) >= 11 is 0. The molecule has 0 saturated carbocycles. The fourth-order valence-corrected chi connectivity index (χ4v) is 6.88. The van der Waals surface area contributed by atoms with E-state index >= 15 is 0 Å². The number of rotatable bonds is 5. The van der Waals surface area contributed by atoms with Gasteiger partial charge in [0.15, 0.2) is 0 Å². The van der Waals surface area contributed by atoms with Gasteiger partial charge in [0.1, 0.15) is 11.2 Å². The third kappa shape index (κ3) is 4.35. The summed E-state index contributed by atoms with van der Waals surface area (Å²) in [6, 6.07) is 62.6. The minimum atomic E-state index is 0.896. The van der Waals surface area contributed by atoms with Crippen LogP contribution < -0.4 is 4.90 Å². The van der Waals surface area contributed by atoms with Gasteiger partial charge in [-0.3, -0.25) is 0 Å². The van der Waals surface area contributed by atoms with E-state index in [1.54, 1.807) is 0 Å². The smallest absolute Gasteiger partial charge is 0.143 e. The molecule has 0 aliphatic rings. The Morgan fingerprint density at radius 3 is 1.72 bits per heavy atom. The molecule has 0 saturated heterocycles. The van der Waals surface area contributed by atoms with Crippen LogP contribution in [-0.2, 0) is 0 Å². The van der Waals surface area contributed by atoms with Gasteiger partial charge in [0, 0.05) is 33.2 Å². The monoisotopic (exact) mass is 587 g/mol. The summed E-state index contributed by atoms with van der Waals surface area (Å²) < 4.78 is 6.66. The predicted octanol–water partition coefficient (Wildman–Crippen LogP) is 12.7. The standard InChI is InChI=1S/C44H29NO/c1-3-14-34(15-4-1)45(35-16-5-2-6-17-35)36-26-24-31(25-27-36)37-20-11-21-42-43(37)41-29-40(38-18-9-10-19-39(38)44(41)46-42)33-23-22-30-12-7-8-13-32(30)28-33/h1-29H. The minimum Gasteiger partial charge on any atom is -0.455 e. The Labute approximate surface area is 267 Å². The van der Waals surface area contributed by atoms with Crippen LogP contribution in [0.2, 0.25) is 0 Å². The molecule has 0 spiro atoms. The summed E-state index contributed by atoms with van der Waals surface area (Å²) in [7, 11) is 0. The van der Waals surface area contributed by atoms with Crippen LogP contribution in [0.25, 0.3) is 65.7 Å². The third-order valence-electron chi connectivity index (χ3n) is 9.03. The molecule has 9 rings (SSSR count). The third-order valence-corrected chi connectivity index (χ3v) is 9.03. The van der Waals surface area contributed by atoms with Gasteiger partial charge in [-0.1, -0.05) is 121 Å². The normalized spacial score (nSPS) is 11.5. The summed E-state index contributed by atoms with van der Waals surface area (Å²) in [4.78, 5) is 2.29. The van der Waals surface area contributed by atoms with Gasteiger partial charge in [-0.05, 0) is 93.0 Å². The summed E-state index contributed by atoms with van der Waals surface area (Å²) in [5.74, 6) is 0. The van der Waals surface area contributed by atoms with E-state index in [9.17, 15) is 0 Å². The summed E-state index contributed by atoms with van der Waals surface area (Å²) in [5, 5.41) is 7.07. The number of hydrogen-bond acceptors (Lipinski definition) is 2. The minimum absolute atomic E-state index is 0.896. The maximum Gasteiger partial charge on any atom is 0.143 e. The van der Waals surface area contributed by atoms with Crippen molar-refractivity contribution in [2.24, 2.45) is 0 Å². The Hall–Kier alpha value is -6.12. The van der Waals surface area contributed by atoms with Crippen LogP contribution >= 0.6 is 0 Å². The Bertz CT molecular complexity index is 2470. The van der Waals surface area contributed by atoms with Crippen molar-refractivity contribution in [3.8, 4) is 22.3 Å². The number of para-hydroxylation sites is 2. The fourth-order valence-electron chi connectivity index (χ4n) is 6.88. The zero-order valence-corrected chi connectivity index (χ0v) is 25.1. The lowest BCUT2D eigenvalue weighted by Crippen LogP contribution is -2.09. The molecule has 1 aromatic heterocycles. The van der Waals surface area contributed by atoms with Crippen molar-refractivity contribution in [1.82, 2.24) is 0 Å². The second kappa shape index (κ2) is 10.8. The van der Waals surface area contributed by atoms with E-state index in [-0.39, 0.29) is 0 Å². The van der Waals surface area contributed by atoms with E-state index in [2.05, 4.69) is 181 Å². The summed E-state index contributed by atoms with van der Waals surface area (Å²) in [6.45, 7) is 0. The first-order chi connectivity index (χ1) is 22.8. The maximum absolute atomic E-state index is 6.66. The van der Waals surface area contributed by atoms with Crippen molar-refractivity contribution >= 4 is 60.5 Å². The Morgan fingerprint density at radius 2 is 0.978 bits per heavy atom. The van der Waals surface area contributed by atoms with Crippen molar-refractivity contribution < 1.29 is 4.42 Å². The molecule has 0 bridgehead atoms. The molecule has 0 N–H and O–H groups in total. The van der Waals surface area contributed by atoms with Crippen LogP contribution in [0.4, 0.5) is 17.1 Å². The molecule has 8 aromatic carbocycles. The highest BCUT2D eigenvalue weighted by molar-refractivity contribution is 6.22. The zero-order chi connectivity index (χ0) is 30.5. The van der Waals surface area contributed by atoms with Crippen LogP contribution in [0, 0.1) is 0 Å².